The Hall–Kier alpha value is -3.16. The molecule has 0 spiro atoms. The Kier molecular flexibility index (Phi) is 7.69. The van der Waals surface area contributed by atoms with Gasteiger partial charge in [0.1, 0.15) is 36.0 Å². The predicted octanol–water partition coefficient (Wildman–Crippen LogP) is 2.30. The van der Waals surface area contributed by atoms with Gasteiger partial charge in [-0.15, -0.1) is 0 Å². The topological polar surface area (TPSA) is 171 Å². The van der Waals surface area contributed by atoms with Crippen molar-refractivity contribution in [3.05, 3.63) is 42.2 Å². The molecule has 2 aliphatic rings. The molecule has 2 fully saturated rings. The molecule has 6 rings (SSSR count). The lowest BCUT2D eigenvalue weighted by molar-refractivity contribution is -0.0620. The number of nitrogens with zero attached hydrogens (tertiary/aromatic N) is 6. The van der Waals surface area contributed by atoms with Crippen LogP contribution < -0.4 is 5.73 Å². The van der Waals surface area contributed by atoms with E-state index in [-0.39, 0.29) is 23.9 Å². The molecular weight excluding hydrogens is 536 g/mol. The Morgan fingerprint density at radius 1 is 1.17 bits per heavy atom. The maximum absolute atomic E-state index is 10.9. The third-order valence-electron chi connectivity index (χ3n) is 9.23. The fourth-order valence-electron chi connectivity index (χ4n) is 6.40. The normalized spacial score (nSPS) is 26.6. The van der Waals surface area contributed by atoms with Crippen molar-refractivity contribution in [1.82, 2.24) is 34.4 Å². The van der Waals surface area contributed by atoms with Gasteiger partial charge in [-0.05, 0) is 56.7 Å². The predicted molar refractivity (Wildman–Crippen MR) is 159 cm³/mol. The summed E-state index contributed by atoms with van der Waals surface area (Å²) in [5, 5.41) is 31.6. The number of ether oxygens (including phenoxy) is 1. The van der Waals surface area contributed by atoms with Crippen LogP contribution >= 0.6 is 0 Å². The maximum atomic E-state index is 10.9. The molecule has 6 N–H and O–H groups in total. The number of imidazole rings is 2. The molecule has 42 heavy (non-hydrogen) atoms. The van der Waals surface area contributed by atoms with E-state index in [1.54, 1.807) is 4.57 Å². The van der Waals surface area contributed by atoms with Crippen LogP contribution in [0.4, 0.5) is 5.82 Å². The second kappa shape index (κ2) is 11.2. The molecule has 0 amide bonds. The minimum atomic E-state index is -1.12. The van der Waals surface area contributed by atoms with Gasteiger partial charge in [-0.1, -0.05) is 19.9 Å². The Balaban J connectivity index is 1.05. The van der Waals surface area contributed by atoms with Gasteiger partial charge in [0.05, 0.1) is 24.0 Å². The molecule has 12 heteroatoms. The summed E-state index contributed by atoms with van der Waals surface area (Å²) in [7, 11) is 0. The number of nitrogens with two attached hydrogens (primary N) is 1. The molecule has 0 radical (unpaired) electrons. The highest BCUT2D eigenvalue weighted by molar-refractivity contribution is 5.81. The first-order valence-electron chi connectivity index (χ1n) is 14.9. The first-order chi connectivity index (χ1) is 20.1. The van der Waals surface area contributed by atoms with Gasteiger partial charge in [0.2, 0.25) is 0 Å². The number of H-pyrrole nitrogens is 1. The number of aliphatic hydroxyl groups excluding tert-OH is 3. The molecular formula is C30H42N8O4. The number of aryl methyl sites for hydroxylation is 1. The number of fused-ring (bicyclic) bond motifs is 2. The lowest BCUT2D eigenvalue weighted by atomic mass is 9.76. The van der Waals surface area contributed by atoms with E-state index in [9.17, 15) is 15.3 Å². The number of aromatic amines is 1. The number of hydrogen-bond donors (Lipinski definition) is 5. The number of aliphatic hydroxyl groups is 3. The van der Waals surface area contributed by atoms with E-state index in [1.807, 2.05) is 26.0 Å². The SMILES string of the molecule is CC(C)N(C[C@H]1OC(n2cnc3c(N)ncnc32)[C@H](O)[C@@H]1O)C1CC(CCc2nc3ccc(C(C)(C)CO)cc3[nH]2)C1. The second-order valence-electron chi connectivity index (χ2n) is 12.9. The van der Waals surface area contributed by atoms with Crippen molar-refractivity contribution >= 4 is 28.0 Å². The molecule has 0 bridgehead atoms. The fourth-order valence-corrected chi connectivity index (χ4v) is 6.40. The lowest BCUT2D eigenvalue weighted by Crippen LogP contribution is -2.52. The quantitative estimate of drug-likeness (QED) is 0.188. The van der Waals surface area contributed by atoms with Gasteiger partial charge in [-0.3, -0.25) is 9.47 Å². The van der Waals surface area contributed by atoms with Crippen LogP contribution in [-0.4, -0.2) is 93.3 Å². The maximum Gasteiger partial charge on any atom is 0.167 e. The number of anilines is 1. The highest BCUT2D eigenvalue weighted by Gasteiger charge is 2.46. The van der Waals surface area contributed by atoms with Gasteiger partial charge in [-0.25, -0.2) is 19.9 Å². The Bertz CT molecular complexity index is 1540. The highest BCUT2D eigenvalue weighted by Crippen LogP contribution is 2.38. The first kappa shape index (κ1) is 28.9. The summed E-state index contributed by atoms with van der Waals surface area (Å²) in [6.45, 7) is 9.00. The molecule has 226 valence electrons. The van der Waals surface area contributed by atoms with Crippen molar-refractivity contribution in [3.8, 4) is 0 Å². The monoisotopic (exact) mass is 578 g/mol. The largest absolute Gasteiger partial charge is 0.395 e. The van der Waals surface area contributed by atoms with Crippen LogP contribution in [-0.2, 0) is 16.6 Å². The van der Waals surface area contributed by atoms with Crippen molar-refractivity contribution in [3.63, 3.8) is 0 Å². The number of rotatable bonds is 10. The summed E-state index contributed by atoms with van der Waals surface area (Å²) in [6, 6.07) is 6.83. The summed E-state index contributed by atoms with van der Waals surface area (Å²) < 4.78 is 7.85. The van der Waals surface area contributed by atoms with Gasteiger partial charge < -0.3 is 30.8 Å². The van der Waals surface area contributed by atoms with E-state index in [0.717, 1.165) is 48.1 Å². The molecule has 4 heterocycles. The molecule has 4 aromatic rings. The van der Waals surface area contributed by atoms with Crippen LogP contribution in [0.5, 0.6) is 0 Å². The number of hydrogen-bond acceptors (Lipinski definition) is 10. The zero-order valence-corrected chi connectivity index (χ0v) is 24.7. The van der Waals surface area contributed by atoms with E-state index in [4.69, 9.17) is 15.5 Å². The molecule has 1 aliphatic heterocycles. The number of aromatic nitrogens is 6. The molecule has 1 aliphatic carbocycles. The fraction of sp³-hybridized carbons (Fsp3) is 0.600. The Labute approximate surface area is 245 Å². The molecule has 1 saturated carbocycles. The van der Waals surface area contributed by atoms with E-state index in [0.29, 0.717) is 29.7 Å². The van der Waals surface area contributed by atoms with Gasteiger partial charge >= 0.3 is 0 Å². The Morgan fingerprint density at radius 2 is 1.95 bits per heavy atom. The standard InChI is InChI=1S/C30H42N8O4/c1-16(2)37(12-22-25(40)26(41)29(42-22)38-15-34-24-27(31)32-14-33-28(24)38)19-9-17(10-19)5-8-23-35-20-7-6-18(11-21(20)36-23)30(3,4)13-39/h6-7,11,14-17,19,22,25-26,29,39-41H,5,8-10,12-13H2,1-4H3,(H,35,36)(H2,31,32,33)/t17?,19?,22-,25-,26-,29?/m1/s1. The van der Waals surface area contributed by atoms with E-state index < -0.39 is 24.5 Å². The van der Waals surface area contributed by atoms with Crippen molar-refractivity contribution in [2.24, 2.45) is 5.92 Å². The average molecular weight is 579 g/mol. The van der Waals surface area contributed by atoms with E-state index in [2.05, 4.69) is 44.7 Å². The third kappa shape index (κ3) is 5.26. The molecule has 1 saturated heterocycles. The molecule has 1 aromatic carbocycles. The summed E-state index contributed by atoms with van der Waals surface area (Å²) in [4.78, 5) is 23.2. The summed E-state index contributed by atoms with van der Waals surface area (Å²) in [6.07, 6.45) is 3.42. The van der Waals surface area contributed by atoms with Crippen LogP contribution in [0.15, 0.2) is 30.9 Å². The van der Waals surface area contributed by atoms with Crippen LogP contribution in [0.25, 0.3) is 22.2 Å². The summed E-state index contributed by atoms with van der Waals surface area (Å²) in [5.41, 5.74) is 9.58. The number of benzene rings is 1. The minimum Gasteiger partial charge on any atom is -0.395 e. The molecule has 12 nitrogen and oxygen atoms in total. The minimum absolute atomic E-state index is 0.0927. The molecule has 3 aromatic heterocycles. The van der Waals surface area contributed by atoms with Crippen molar-refractivity contribution < 1.29 is 20.1 Å². The van der Waals surface area contributed by atoms with E-state index >= 15 is 0 Å². The third-order valence-corrected chi connectivity index (χ3v) is 9.23. The van der Waals surface area contributed by atoms with Crippen LogP contribution in [0.3, 0.4) is 0 Å². The van der Waals surface area contributed by atoms with Crippen molar-refractivity contribution in [1.29, 1.82) is 0 Å². The van der Waals surface area contributed by atoms with Crippen molar-refractivity contribution in [2.75, 3.05) is 18.9 Å². The van der Waals surface area contributed by atoms with Crippen LogP contribution in [0.2, 0.25) is 0 Å². The zero-order valence-electron chi connectivity index (χ0n) is 24.7. The Morgan fingerprint density at radius 3 is 2.69 bits per heavy atom. The van der Waals surface area contributed by atoms with E-state index in [1.165, 1.54) is 12.7 Å². The molecule has 1 unspecified atom stereocenters. The van der Waals surface area contributed by atoms with Crippen molar-refractivity contribution in [2.45, 2.75) is 95.4 Å². The van der Waals surface area contributed by atoms with Gasteiger partial charge in [0.25, 0.3) is 0 Å². The zero-order chi connectivity index (χ0) is 29.8. The highest BCUT2D eigenvalue weighted by atomic mass is 16.6. The lowest BCUT2D eigenvalue weighted by Gasteiger charge is -2.46. The first-order valence-corrected chi connectivity index (χ1v) is 14.9. The van der Waals surface area contributed by atoms with Gasteiger partial charge in [0.15, 0.2) is 17.7 Å². The summed E-state index contributed by atoms with van der Waals surface area (Å²) in [5.74, 6) is 1.85. The number of nitrogens with one attached hydrogen (secondary N) is 1. The van der Waals surface area contributed by atoms with Gasteiger partial charge in [0, 0.05) is 30.5 Å². The van der Waals surface area contributed by atoms with Crippen LogP contribution in [0.1, 0.15) is 64.6 Å². The average Bonchev–Trinajstić information content (AvgIpc) is 3.63. The summed E-state index contributed by atoms with van der Waals surface area (Å²) >= 11 is 0. The van der Waals surface area contributed by atoms with Gasteiger partial charge in [-0.2, -0.15) is 0 Å². The smallest absolute Gasteiger partial charge is 0.167 e. The van der Waals surface area contributed by atoms with Crippen LogP contribution in [0, 0.1) is 5.92 Å². The molecule has 4 atom stereocenters. The number of nitrogen functional groups attached to an aromatic ring is 1. The second-order valence-corrected chi connectivity index (χ2v) is 12.9.